The second kappa shape index (κ2) is 9.85. The molecule has 0 saturated heterocycles. The van der Waals surface area contributed by atoms with E-state index < -0.39 is 17.6 Å². The highest BCUT2D eigenvalue weighted by Gasteiger charge is 2.48. The van der Waals surface area contributed by atoms with Gasteiger partial charge in [-0.05, 0) is 31.2 Å². The zero-order valence-electron chi connectivity index (χ0n) is 14.7. The molecule has 1 fully saturated rings. The number of benzene rings is 1. The summed E-state index contributed by atoms with van der Waals surface area (Å²) in [5.41, 5.74) is -0.00570. The number of hydrogen-bond acceptors (Lipinski definition) is 4. The first kappa shape index (κ1) is 19.9. The first-order valence-corrected chi connectivity index (χ1v) is 8.50. The van der Waals surface area contributed by atoms with E-state index in [4.69, 9.17) is 0 Å². The lowest BCUT2D eigenvalue weighted by Gasteiger charge is -2.31. The Hall–Kier alpha value is -2.17. The van der Waals surface area contributed by atoms with Crippen molar-refractivity contribution in [3.05, 3.63) is 35.9 Å². The van der Waals surface area contributed by atoms with Gasteiger partial charge in [-0.2, -0.15) is 0 Å². The smallest absolute Gasteiger partial charge is 0.407 e. The molecule has 0 aliphatic heterocycles. The Bertz CT molecular complexity index is 544. The van der Waals surface area contributed by atoms with E-state index in [1.807, 2.05) is 44.2 Å². The number of nitrogens with one attached hydrogen (secondary N) is 1. The van der Waals surface area contributed by atoms with Crippen LogP contribution in [0.15, 0.2) is 30.3 Å². The molecule has 1 saturated carbocycles. The maximum Gasteiger partial charge on any atom is 0.407 e. The van der Waals surface area contributed by atoms with Gasteiger partial charge >= 0.3 is 6.09 Å². The highest BCUT2D eigenvalue weighted by molar-refractivity contribution is 6.01. The fraction of sp³-hybridized carbons (Fsp3) is 0.526. The van der Waals surface area contributed by atoms with E-state index in [0.29, 0.717) is 38.4 Å². The van der Waals surface area contributed by atoms with E-state index in [1.54, 1.807) is 0 Å². The maximum atomic E-state index is 12.2. The highest BCUT2D eigenvalue weighted by Crippen LogP contribution is 2.38. The number of carbonyl (C=O) groups excluding carboxylic acids is 3. The molecule has 1 aromatic rings. The molecule has 1 aromatic carbocycles. The molecule has 0 aromatic heterocycles. The highest BCUT2D eigenvalue weighted by atomic mass is 16.5. The van der Waals surface area contributed by atoms with E-state index in [-0.39, 0.29) is 5.78 Å². The average Bonchev–Trinajstić information content (AvgIpc) is 3.02. The topological polar surface area (TPSA) is 72.5 Å². The molecule has 1 amide bonds. The van der Waals surface area contributed by atoms with E-state index in [1.165, 1.54) is 7.11 Å². The molecule has 0 spiro atoms. The summed E-state index contributed by atoms with van der Waals surface area (Å²) in [5.74, 6) is -0.0861. The van der Waals surface area contributed by atoms with Crippen LogP contribution in [0, 0.1) is 5.41 Å². The lowest BCUT2D eigenvalue weighted by molar-refractivity contribution is -0.133. The van der Waals surface area contributed by atoms with E-state index in [2.05, 4.69) is 10.1 Å². The van der Waals surface area contributed by atoms with Crippen LogP contribution in [-0.2, 0) is 20.7 Å². The lowest BCUT2D eigenvalue weighted by Crippen LogP contribution is -2.51. The van der Waals surface area contributed by atoms with E-state index in [0.717, 1.165) is 5.56 Å². The van der Waals surface area contributed by atoms with Crippen molar-refractivity contribution in [1.82, 2.24) is 5.32 Å². The molecule has 132 valence electrons. The number of methoxy groups -OCH3 is 1. The monoisotopic (exact) mass is 333 g/mol. The Labute approximate surface area is 143 Å². The van der Waals surface area contributed by atoms with Crippen LogP contribution in [0.5, 0.6) is 0 Å². The van der Waals surface area contributed by atoms with Gasteiger partial charge in [0.05, 0.1) is 13.2 Å². The lowest BCUT2D eigenvalue weighted by atomic mass is 9.76. The van der Waals surface area contributed by atoms with Crippen LogP contribution in [0.3, 0.4) is 0 Å². The summed E-state index contributed by atoms with van der Waals surface area (Å²) >= 11 is 0. The molecule has 1 aliphatic carbocycles. The van der Waals surface area contributed by atoms with Crippen LogP contribution < -0.4 is 5.32 Å². The van der Waals surface area contributed by atoms with Gasteiger partial charge in [-0.1, -0.05) is 44.2 Å². The molecule has 5 heteroatoms. The third-order valence-electron chi connectivity index (χ3n) is 4.39. The molecule has 2 atom stereocenters. The Kier molecular flexibility index (Phi) is 8.16. The van der Waals surface area contributed by atoms with Gasteiger partial charge in [0, 0.05) is 6.42 Å². The molecule has 0 radical (unpaired) electrons. The van der Waals surface area contributed by atoms with Gasteiger partial charge in [0.25, 0.3) is 0 Å². The molecule has 0 heterocycles. The number of carbonyl (C=O) groups is 3. The summed E-state index contributed by atoms with van der Waals surface area (Å²) in [4.78, 5) is 35.5. The Morgan fingerprint density at radius 3 is 2.50 bits per heavy atom. The van der Waals surface area contributed by atoms with Gasteiger partial charge in [0.2, 0.25) is 0 Å². The number of rotatable bonds is 6. The van der Waals surface area contributed by atoms with Gasteiger partial charge in [0.1, 0.15) is 17.5 Å². The Morgan fingerprint density at radius 2 is 2.00 bits per heavy atom. The number of ether oxygens (including phenoxy) is 1. The van der Waals surface area contributed by atoms with Gasteiger partial charge in [-0.3, -0.25) is 4.79 Å². The molecular formula is C19H27NO4. The van der Waals surface area contributed by atoms with Crippen LogP contribution in [0.4, 0.5) is 4.79 Å². The first-order valence-electron chi connectivity index (χ1n) is 8.50. The third-order valence-corrected chi connectivity index (χ3v) is 4.39. The van der Waals surface area contributed by atoms with E-state index >= 15 is 0 Å². The third kappa shape index (κ3) is 4.66. The largest absolute Gasteiger partial charge is 0.453 e. The van der Waals surface area contributed by atoms with Gasteiger partial charge < -0.3 is 14.8 Å². The summed E-state index contributed by atoms with van der Waals surface area (Å²) in [5, 5.41) is 2.69. The number of aryl methyl sites for hydroxylation is 1. The van der Waals surface area contributed by atoms with Crippen LogP contribution in [-0.4, -0.2) is 31.3 Å². The maximum absolute atomic E-state index is 12.2. The Morgan fingerprint density at radius 1 is 1.33 bits per heavy atom. The predicted molar refractivity (Wildman–Crippen MR) is 92.8 cm³/mol. The van der Waals surface area contributed by atoms with Gasteiger partial charge in [-0.15, -0.1) is 0 Å². The van der Waals surface area contributed by atoms with Crippen molar-refractivity contribution < 1.29 is 19.1 Å². The van der Waals surface area contributed by atoms with Crippen molar-refractivity contribution in [3.63, 3.8) is 0 Å². The number of Topliss-reactive ketones (excluding diaryl/α,β-unsaturated/α-hetero) is 1. The van der Waals surface area contributed by atoms with Crippen molar-refractivity contribution in [3.8, 4) is 0 Å². The summed E-state index contributed by atoms with van der Waals surface area (Å²) in [7, 11) is 1.27. The minimum atomic E-state index is -1.11. The number of hydrogen-bond donors (Lipinski definition) is 1. The Balaban J connectivity index is 0.00000139. The number of amides is 1. The fourth-order valence-corrected chi connectivity index (χ4v) is 3.10. The second-order valence-corrected chi connectivity index (χ2v) is 5.65. The zero-order chi connectivity index (χ0) is 18.0. The van der Waals surface area contributed by atoms with Crippen molar-refractivity contribution in [2.75, 3.05) is 7.11 Å². The van der Waals surface area contributed by atoms with Crippen molar-refractivity contribution >= 4 is 18.2 Å². The van der Waals surface area contributed by atoms with Crippen LogP contribution in [0.2, 0.25) is 0 Å². The molecule has 1 aliphatic rings. The van der Waals surface area contributed by atoms with Crippen LogP contribution in [0.1, 0.15) is 45.1 Å². The zero-order valence-corrected chi connectivity index (χ0v) is 14.7. The molecule has 24 heavy (non-hydrogen) atoms. The summed E-state index contributed by atoms with van der Waals surface area (Å²) in [6, 6.07) is 9.25. The minimum Gasteiger partial charge on any atom is -0.453 e. The quantitative estimate of drug-likeness (QED) is 0.640. The van der Waals surface area contributed by atoms with Crippen LogP contribution in [0.25, 0.3) is 0 Å². The predicted octanol–water partition coefficient (Wildman–Crippen LogP) is 3.31. The second-order valence-electron chi connectivity index (χ2n) is 5.65. The average molecular weight is 333 g/mol. The summed E-state index contributed by atoms with van der Waals surface area (Å²) in [6.07, 6.45) is 2.86. The molecule has 2 rings (SSSR count). The molecule has 5 nitrogen and oxygen atoms in total. The summed E-state index contributed by atoms with van der Waals surface area (Å²) in [6.45, 7) is 4.00. The van der Waals surface area contributed by atoms with Crippen molar-refractivity contribution in [2.45, 2.75) is 52.0 Å². The van der Waals surface area contributed by atoms with Crippen molar-refractivity contribution in [1.29, 1.82) is 0 Å². The molecule has 0 bridgehead atoms. The number of aldehydes is 1. The fourth-order valence-electron chi connectivity index (χ4n) is 3.10. The molecular weight excluding hydrogens is 306 g/mol. The number of alkyl carbamates (subject to hydrolysis) is 1. The van der Waals surface area contributed by atoms with Gasteiger partial charge in [-0.25, -0.2) is 4.79 Å². The number of ketones is 1. The minimum absolute atomic E-state index is 0.0861. The first-order chi connectivity index (χ1) is 11.6. The molecule has 1 N–H and O–H groups in total. The molecule has 2 unspecified atom stereocenters. The van der Waals surface area contributed by atoms with Gasteiger partial charge in [0.15, 0.2) is 0 Å². The van der Waals surface area contributed by atoms with Crippen molar-refractivity contribution in [2.24, 2.45) is 5.41 Å². The summed E-state index contributed by atoms with van der Waals surface area (Å²) < 4.78 is 4.64. The standard InChI is InChI=1S/C17H21NO4.C2H6/c1-22-16(21)18-14(10-9-13-6-3-2-4-7-13)17(12-19)11-5-8-15(17)20;1-2/h2-4,6-7,12,14H,5,8-11H2,1H3,(H,18,21);1-2H3. The SMILES string of the molecule is CC.COC(=O)NC(CCc1ccccc1)C1(C=O)CCCC1=O. The van der Waals surface area contributed by atoms with E-state index in [9.17, 15) is 14.4 Å². The van der Waals surface area contributed by atoms with Crippen LogP contribution >= 0.6 is 0 Å². The normalized spacial score (nSPS) is 20.5.